The molecule has 0 saturated carbocycles. The van der Waals surface area contributed by atoms with Crippen LogP contribution in [-0.2, 0) is 27.8 Å². The van der Waals surface area contributed by atoms with Gasteiger partial charge in [-0.1, -0.05) is 42.0 Å². The number of carbonyl (C=O) groups is 1. The van der Waals surface area contributed by atoms with Gasteiger partial charge in [-0.15, -0.1) is 0 Å². The van der Waals surface area contributed by atoms with E-state index < -0.39 is 9.84 Å². The lowest BCUT2D eigenvalue weighted by atomic mass is 10.0. The summed E-state index contributed by atoms with van der Waals surface area (Å²) in [6.45, 7) is 9.74. The summed E-state index contributed by atoms with van der Waals surface area (Å²) in [5.41, 5.74) is 5.51. The fourth-order valence-corrected chi connectivity index (χ4v) is 6.18. The van der Waals surface area contributed by atoms with Crippen molar-refractivity contribution in [2.75, 3.05) is 18.1 Å². The Morgan fingerprint density at radius 1 is 1.10 bits per heavy atom. The Bertz CT molecular complexity index is 1020. The van der Waals surface area contributed by atoms with Crippen molar-refractivity contribution in [2.24, 2.45) is 5.92 Å². The van der Waals surface area contributed by atoms with Crippen molar-refractivity contribution in [1.29, 1.82) is 0 Å². The molecular formula is C25H33NO4S. The molecule has 0 aliphatic carbocycles. The third-order valence-corrected chi connectivity index (χ3v) is 7.72. The summed E-state index contributed by atoms with van der Waals surface area (Å²) in [6, 6.07) is 12.4. The van der Waals surface area contributed by atoms with E-state index in [1.165, 1.54) is 5.56 Å². The summed E-state index contributed by atoms with van der Waals surface area (Å²) in [5, 5.41) is 0. The number of amides is 1. The first-order valence-electron chi connectivity index (χ1n) is 10.9. The van der Waals surface area contributed by atoms with Crippen molar-refractivity contribution in [3.63, 3.8) is 0 Å². The van der Waals surface area contributed by atoms with Crippen LogP contribution in [0.1, 0.15) is 47.6 Å². The molecule has 0 unspecified atom stereocenters. The number of hydrogen-bond donors (Lipinski definition) is 0. The summed E-state index contributed by atoms with van der Waals surface area (Å²) in [6.07, 6.45) is 0.902. The zero-order valence-electron chi connectivity index (χ0n) is 19.0. The van der Waals surface area contributed by atoms with E-state index in [-0.39, 0.29) is 23.3 Å². The molecule has 1 aliphatic rings. The lowest BCUT2D eigenvalue weighted by Crippen LogP contribution is -2.32. The van der Waals surface area contributed by atoms with Gasteiger partial charge >= 0.3 is 0 Å². The third-order valence-electron chi connectivity index (χ3n) is 5.88. The Morgan fingerprint density at radius 3 is 2.39 bits per heavy atom. The SMILES string of the molecule is CCN(Cc1cc(C)c(OCc2cccc(C)c2)c(C)c1)C(=O)C[C@@H]1CCS(=O)(=O)C1. The minimum absolute atomic E-state index is 0.0275. The molecule has 1 atom stereocenters. The van der Waals surface area contributed by atoms with Crippen LogP contribution in [0.2, 0.25) is 0 Å². The van der Waals surface area contributed by atoms with Gasteiger partial charge in [0.2, 0.25) is 5.91 Å². The summed E-state index contributed by atoms with van der Waals surface area (Å²) < 4.78 is 29.5. The molecule has 5 nitrogen and oxygen atoms in total. The number of rotatable bonds is 8. The van der Waals surface area contributed by atoms with Gasteiger partial charge in [-0.05, 0) is 62.3 Å². The smallest absolute Gasteiger partial charge is 0.223 e. The fraction of sp³-hybridized carbons (Fsp3) is 0.480. The van der Waals surface area contributed by atoms with Crippen LogP contribution >= 0.6 is 0 Å². The molecule has 0 bridgehead atoms. The van der Waals surface area contributed by atoms with Gasteiger partial charge in [0, 0.05) is 19.5 Å². The van der Waals surface area contributed by atoms with Gasteiger partial charge in [-0.3, -0.25) is 4.79 Å². The van der Waals surface area contributed by atoms with E-state index in [1.54, 1.807) is 0 Å². The van der Waals surface area contributed by atoms with Crippen molar-refractivity contribution in [3.05, 3.63) is 64.2 Å². The maximum Gasteiger partial charge on any atom is 0.223 e. The highest BCUT2D eigenvalue weighted by Gasteiger charge is 2.30. The quantitative estimate of drug-likeness (QED) is 0.608. The Morgan fingerprint density at radius 2 is 1.81 bits per heavy atom. The lowest BCUT2D eigenvalue weighted by Gasteiger charge is -2.23. The van der Waals surface area contributed by atoms with Crippen LogP contribution in [0.5, 0.6) is 5.75 Å². The van der Waals surface area contributed by atoms with Gasteiger partial charge in [-0.2, -0.15) is 0 Å². The summed E-state index contributed by atoms with van der Waals surface area (Å²) in [7, 11) is -2.96. The molecule has 2 aromatic rings. The number of aryl methyl sites for hydroxylation is 3. The molecule has 0 spiro atoms. The van der Waals surface area contributed by atoms with Crippen LogP contribution in [0.25, 0.3) is 0 Å². The largest absolute Gasteiger partial charge is 0.488 e. The van der Waals surface area contributed by atoms with Crippen molar-refractivity contribution in [3.8, 4) is 5.75 Å². The molecule has 1 heterocycles. The number of benzene rings is 2. The third kappa shape index (κ3) is 6.33. The highest BCUT2D eigenvalue weighted by molar-refractivity contribution is 7.91. The average molecular weight is 444 g/mol. The molecule has 3 rings (SSSR count). The minimum Gasteiger partial charge on any atom is -0.488 e. The molecule has 2 aromatic carbocycles. The standard InChI is InChI=1S/C25H33NO4S/c1-5-26(24(27)14-22-9-10-31(28,29)17-22)15-23-12-19(3)25(20(4)13-23)30-16-21-8-6-7-18(2)11-21/h6-8,11-13,22H,5,9-10,14-17H2,1-4H3/t22-/m0/s1. The highest BCUT2D eigenvalue weighted by atomic mass is 32.2. The Labute approximate surface area is 186 Å². The second-order valence-electron chi connectivity index (χ2n) is 8.72. The van der Waals surface area contributed by atoms with Gasteiger partial charge in [0.25, 0.3) is 0 Å². The predicted octanol–water partition coefficient (Wildman–Crippen LogP) is 4.36. The Balaban J connectivity index is 1.64. The zero-order chi connectivity index (χ0) is 22.6. The maximum absolute atomic E-state index is 12.8. The van der Waals surface area contributed by atoms with Crippen LogP contribution in [0.3, 0.4) is 0 Å². The second-order valence-corrected chi connectivity index (χ2v) is 10.9. The lowest BCUT2D eigenvalue weighted by molar-refractivity contribution is -0.132. The number of carbonyl (C=O) groups excluding carboxylic acids is 1. The van der Waals surface area contributed by atoms with Gasteiger partial charge in [-0.25, -0.2) is 8.42 Å². The van der Waals surface area contributed by atoms with Gasteiger partial charge in [0.1, 0.15) is 12.4 Å². The molecule has 0 N–H and O–H groups in total. The van der Waals surface area contributed by atoms with Gasteiger partial charge in [0.15, 0.2) is 9.84 Å². The van der Waals surface area contributed by atoms with Crippen LogP contribution in [0.4, 0.5) is 0 Å². The van der Waals surface area contributed by atoms with Crippen molar-refractivity contribution < 1.29 is 17.9 Å². The number of ether oxygens (including phenoxy) is 1. The van der Waals surface area contributed by atoms with Crippen molar-refractivity contribution in [1.82, 2.24) is 4.90 Å². The first kappa shape index (κ1) is 23.3. The van der Waals surface area contributed by atoms with Crippen LogP contribution in [0.15, 0.2) is 36.4 Å². The van der Waals surface area contributed by atoms with Gasteiger partial charge < -0.3 is 9.64 Å². The summed E-state index contributed by atoms with van der Waals surface area (Å²) >= 11 is 0. The molecule has 6 heteroatoms. The molecule has 0 aromatic heterocycles. The van der Waals surface area contributed by atoms with E-state index in [1.807, 2.05) is 31.7 Å². The molecule has 168 valence electrons. The average Bonchev–Trinajstić information content (AvgIpc) is 3.03. The zero-order valence-corrected chi connectivity index (χ0v) is 19.8. The number of sulfone groups is 1. The van der Waals surface area contributed by atoms with E-state index in [4.69, 9.17) is 4.74 Å². The number of hydrogen-bond acceptors (Lipinski definition) is 4. The van der Waals surface area contributed by atoms with E-state index in [0.717, 1.165) is 28.0 Å². The molecule has 1 aliphatic heterocycles. The van der Waals surface area contributed by atoms with Crippen LogP contribution < -0.4 is 4.74 Å². The monoisotopic (exact) mass is 443 g/mol. The van der Waals surface area contributed by atoms with Crippen molar-refractivity contribution in [2.45, 2.75) is 53.7 Å². The van der Waals surface area contributed by atoms with E-state index in [0.29, 0.717) is 32.5 Å². The topological polar surface area (TPSA) is 63.7 Å². The normalized spacial score (nSPS) is 17.5. The molecule has 31 heavy (non-hydrogen) atoms. The van der Waals surface area contributed by atoms with E-state index in [2.05, 4.69) is 37.3 Å². The Kier molecular flexibility index (Phi) is 7.42. The van der Waals surface area contributed by atoms with Crippen LogP contribution in [0, 0.1) is 26.7 Å². The Hall–Kier alpha value is -2.34. The first-order valence-corrected chi connectivity index (χ1v) is 12.8. The molecular weight excluding hydrogens is 410 g/mol. The highest BCUT2D eigenvalue weighted by Crippen LogP contribution is 2.27. The summed E-state index contributed by atoms with van der Waals surface area (Å²) in [4.78, 5) is 14.6. The predicted molar refractivity (Wildman–Crippen MR) is 124 cm³/mol. The van der Waals surface area contributed by atoms with E-state index in [9.17, 15) is 13.2 Å². The molecule has 0 radical (unpaired) electrons. The summed E-state index contributed by atoms with van der Waals surface area (Å²) in [5.74, 6) is 1.21. The first-order chi connectivity index (χ1) is 14.7. The van der Waals surface area contributed by atoms with Crippen molar-refractivity contribution >= 4 is 15.7 Å². The second kappa shape index (κ2) is 9.86. The van der Waals surface area contributed by atoms with Crippen LogP contribution in [-0.4, -0.2) is 37.3 Å². The maximum atomic E-state index is 12.8. The van der Waals surface area contributed by atoms with Gasteiger partial charge in [0.05, 0.1) is 11.5 Å². The molecule has 1 saturated heterocycles. The molecule has 1 amide bonds. The molecule has 1 fully saturated rings. The number of nitrogens with zero attached hydrogens (tertiary/aromatic N) is 1. The minimum atomic E-state index is -2.96. The van der Waals surface area contributed by atoms with E-state index >= 15 is 0 Å². The fourth-order valence-electron chi connectivity index (χ4n) is 4.32.